The molecule has 0 unspecified atom stereocenters. The van der Waals surface area contributed by atoms with E-state index in [0.29, 0.717) is 17.0 Å². The van der Waals surface area contributed by atoms with Gasteiger partial charge in [-0.3, -0.25) is 9.59 Å². The Morgan fingerprint density at radius 3 is 2.52 bits per heavy atom. The van der Waals surface area contributed by atoms with Crippen LogP contribution in [0.5, 0.6) is 0 Å². The number of aryl methyl sites for hydroxylation is 1. The molecule has 6 nitrogen and oxygen atoms in total. The van der Waals surface area contributed by atoms with Crippen LogP contribution in [0.3, 0.4) is 0 Å². The second-order valence-corrected chi connectivity index (χ2v) is 7.80. The third-order valence-electron chi connectivity index (χ3n) is 3.42. The highest BCUT2D eigenvalue weighted by Gasteiger charge is 2.21. The summed E-state index contributed by atoms with van der Waals surface area (Å²) in [4.78, 5) is 37.1. The van der Waals surface area contributed by atoms with Crippen molar-refractivity contribution in [3.63, 3.8) is 0 Å². The minimum Gasteiger partial charge on any atom is -0.457 e. The van der Waals surface area contributed by atoms with Crippen LogP contribution in [-0.4, -0.2) is 24.3 Å². The number of carbonyl (C=O) groups excluding carboxylic acids is 3. The van der Waals surface area contributed by atoms with Gasteiger partial charge in [0.1, 0.15) is 0 Å². The molecule has 0 aromatic carbocycles. The summed E-state index contributed by atoms with van der Waals surface area (Å²) in [7, 11) is 0. The monoisotopic (exact) mass is 363 g/mol. The molecule has 0 spiro atoms. The second-order valence-electron chi connectivity index (χ2n) is 6.63. The van der Waals surface area contributed by atoms with Gasteiger partial charge in [-0.2, -0.15) is 0 Å². The second kappa shape index (κ2) is 7.65. The van der Waals surface area contributed by atoms with E-state index >= 15 is 0 Å². The zero-order chi connectivity index (χ0) is 18.6. The smallest absolute Gasteiger partial charge is 0.374 e. The van der Waals surface area contributed by atoms with Crippen molar-refractivity contribution in [2.75, 3.05) is 6.61 Å². The van der Waals surface area contributed by atoms with E-state index in [1.165, 1.54) is 17.6 Å². The number of rotatable bonds is 6. The van der Waals surface area contributed by atoms with Crippen LogP contribution in [0.15, 0.2) is 28.9 Å². The molecule has 0 bridgehead atoms. The van der Waals surface area contributed by atoms with Crippen LogP contribution in [0, 0.1) is 12.3 Å². The molecule has 2 heterocycles. The molecule has 0 saturated heterocycles. The molecule has 0 radical (unpaired) electrons. The summed E-state index contributed by atoms with van der Waals surface area (Å²) >= 11 is 1.27. The standard InChI is InChI=1S/C18H21NO5S/c1-11-7-8-23-15(11)16(21)24-10-13(20)14-6-5-12(25-14)9-19-17(22)18(2,3)4/h5-8H,9-10H2,1-4H3,(H,19,22). The Hall–Kier alpha value is -2.41. The first kappa shape index (κ1) is 18.9. The van der Waals surface area contributed by atoms with E-state index in [-0.39, 0.29) is 24.1 Å². The van der Waals surface area contributed by atoms with Gasteiger partial charge in [-0.05, 0) is 25.1 Å². The number of ketones is 1. The number of hydrogen-bond donors (Lipinski definition) is 1. The third kappa shape index (κ3) is 5.03. The highest BCUT2D eigenvalue weighted by molar-refractivity contribution is 7.14. The fourth-order valence-electron chi connectivity index (χ4n) is 1.90. The highest BCUT2D eigenvalue weighted by atomic mass is 32.1. The lowest BCUT2D eigenvalue weighted by molar-refractivity contribution is -0.128. The van der Waals surface area contributed by atoms with Gasteiger partial charge in [-0.25, -0.2) is 4.79 Å². The summed E-state index contributed by atoms with van der Waals surface area (Å²) in [6, 6.07) is 5.09. The molecule has 1 N–H and O–H groups in total. The van der Waals surface area contributed by atoms with Crippen LogP contribution in [0.4, 0.5) is 0 Å². The van der Waals surface area contributed by atoms with Gasteiger partial charge in [0, 0.05) is 15.9 Å². The van der Waals surface area contributed by atoms with Crippen molar-refractivity contribution in [2.24, 2.45) is 5.41 Å². The average Bonchev–Trinajstić information content (AvgIpc) is 3.17. The molecular weight excluding hydrogens is 342 g/mol. The molecule has 0 saturated carbocycles. The summed E-state index contributed by atoms with van der Waals surface area (Å²) in [5.41, 5.74) is 0.194. The van der Waals surface area contributed by atoms with Crippen LogP contribution in [-0.2, 0) is 16.1 Å². The Morgan fingerprint density at radius 1 is 1.20 bits per heavy atom. The fourth-order valence-corrected chi connectivity index (χ4v) is 2.78. The average molecular weight is 363 g/mol. The normalized spacial score (nSPS) is 11.2. The first-order valence-corrected chi connectivity index (χ1v) is 8.61. The number of Topliss-reactive ketones (excluding diaryl/α,β-unsaturated/α-hetero) is 1. The van der Waals surface area contributed by atoms with E-state index in [0.717, 1.165) is 4.88 Å². The van der Waals surface area contributed by atoms with Crippen LogP contribution in [0.25, 0.3) is 0 Å². The number of ether oxygens (including phenoxy) is 1. The summed E-state index contributed by atoms with van der Waals surface area (Å²) < 4.78 is 10.0. The van der Waals surface area contributed by atoms with Crippen LogP contribution >= 0.6 is 11.3 Å². The van der Waals surface area contributed by atoms with Gasteiger partial charge in [0.2, 0.25) is 17.5 Å². The van der Waals surface area contributed by atoms with Gasteiger partial charge in [-0.15, -0.1) is 11.3 Å². The summed E-state index contributed by atoms with van der Waals surface area (Å²) in [6.07, 6.45) is 1.39. The Balaban J connectivity index is 1.87. The number of esters is 1. The number of carbonyl (C=O) groups is 3. The highest BCUT2D eigenvalue weighted by Crippen LogP contribution is 2.19. The van der Waals surface area contributed by atoms with E-state index in [1.54, 1.807) is 25.1 Å². The molecule has 134 valence electrons. The number of amides is 1. The maximum absolute atomic E-state index is 12.1. The minimum atomic E-state index is -0.662. The van der Waals surface area contributed by atoms with Gasteiger partial charge in [-0.1, -0.05) is 20.8 Å². The Kier molecular flexibility index (Phi) is 5.79. The van der Waals surface area contributed by atoms with Crippen LogP contribution in [0.1, 0.15) is 51.4 Å². The molecule has 0 atom stereocenters. The molecule has 0 aliphatic heterocycles. The number of furan rings is 1. The topological polar surface area (TPSA) is 85.6 Å². The van der Waals surface area contributed by atoms with Crippen molar-refractivity contribution in [3.8, 4) is 0 Å². The quantitative estimate of drug-likeness (QED) is 0.628. The molecule has 0 aliphatic carbocycles. The first-order chi connectivity index (χ1) is 11.7. The van der Waals surface area contributed by atoms with Gasteiger partial charge < -0.3 is 14.5 Å². The van der Waals surface area contributed by atoms with Crippen molar-refractivity contribution in [1.82, 2.24) is 5.32 Å². The maximum atomic E-state index is 12.1. The largest absolute Gasteiger partial charge is 0.457 e. The summed E-state index contributed by atoms with van der Waals surface area (Å²) in [6.45, 7) is 7.23. The lowest BCUT2D eigenvalue weighted by Crippen LogP contribution is -2.34. The van der Waals surface area contributed by atoms with E-state index in [9.17, 15) is 14.4 Å². The van der Waals surface area contributed by atoms with Crippen molar-refractivity contribution >= 4 is 29.0 Å². The summed E-state index contributed by atoms with van der Waals surface area (Å²) in [5, 5.41) is 2.83. The van der Waals surface area contributed by atoms with Gasteiger partial charge in [0.25, 0.3) is 0 Å². The maximum Gasteiger partial charge on any atom is 0.374 e. The van der Waals surface area contributed by atoms with Gasteiger partial charge >= 0.3 is 5.97 Å². The fraction of sp³-hybridized carbons (Fsp3) is 0.389. The zero-order valence-electron chi connectivity index (χ0n) is 14.7. The van der Waals surface area contributed by atoms with Crippen LogP contribution in [0.2, 0.25) is 0 Å². The molecule has 25 heavy (non-hydrogen) atoms. The first-order valence-electron chi connectivity index (χ1n) is 7.80. The molecule has 2 rings (SSSR count). The minimum absolute atomic E-state index is 0.0588. The predicted molar refractivity (Wildman–Crippen MR) is 93.7 cm³/mol. The van der Waals surface area contributed by atoms with Gasteiger partial charge in [0.15, 0.2) is 6.61 Å². The number of nitrogens with one attached hydrogen (secondary N) is 1. The van der Waals surface area contributed by atoms with Crippen LogP contribution < -0.4 is 5.32 Å². The van der Waals surface area contributed by atoms with E-state index in [2.05, 4.69) is 5.32 Å². The molecule has 7 heteroatoms. The Bertz CT molecular complexity index is 781. The predicted octanol–water partition coefficient (Wildman–Crippen LogP) is 3.35. The molecule has 0 aliphatic rings. The lowest BCUT2D eigenvalue weighted by atomic mass is 9.96. The van der Waals surface area contributed by atoms with Crippen molar-refractivity contribution < 1.29 is 23.5 Å². The molecule has 0 fully saturated rings. The summed E-state index contributed by atoms with van der Waals surface area (Å²) in [5.74, 6) is -0.915. The van der Waals surface area contributed by atoms with Gasteiger partial charge in [0.05, 0.1) is 17.7 Å². The molecule has 1 amide bonds. The van der Waals surface area contributed by atoms with Crippen molar-refractivity contribution in [3.05, 3.63) is 45.5 Å². The Morgan fingerprint density at radius 2 is 1.92 bits per heavy atom. The zero-order valence-corrected chi connectivity index (χ0v) is 15.5. The van der Waals surface area contributed by atoms with Crippen molar-refractivity contribution in [1.29, 1.82) is 0 Å². The Labute approximate surface area is 150 Å². The lowest BCUT2D eigenvalue weighted by Gasteiger charge is -2.17. The molecular formula is C18H21NO5S. The molecule has 2 aromatic rings. The van der Waals surface area contributed by atoms with E-state index in [4.69, 9.17) is 9.15 Å². The van der Waals surface area contributed by atoms with Crippen molar-refractivity contribution in [2.45, 2.75) is 34.2 Å². The SMILES string of the molecule is Cc1ccoc1C(=O)OCC(=O)c1ccc(CNC(=O)C(C)(C)C)s1. The molecule has 2 aromatic heterocycles. The van der Waals surface area contributed by atoms with E-state index in [1.807, 2.05) is 20.8 Å². The van der Waals surface area contributed by atoms with E-state index < -0.39 is 11.4 Å². The third-order valence-corrected chi connectivity index (χ3v) is 4.55. The number of thiophene rings is 1. The number of hydrogen-bond acceptors (Lipinski definition) is 6.